The molecule has 1 heterocycles. The van der Waals surface area contributed by atoms with E-state index >= 15 is 0 Å². The lowest BCUT2D eigenvalue weighted by atomic mass is 10.2. The van der Waals surface area contributed by atoms with Crippen molar-refractivity contribution in [1.29, 1.82) is 0 Å². The van der Waals surface area contributed by atoms with Crippen molar-refractivity contribution in [2.45, 2.75) is 6.61 Å². The van der Waals surface area contributed by atoms with Gasteiger partial charge >= 0.3 is 6.61 Å². The van der Waals surface area contributed by atoms with Crippen molar-refractivity contribution in [1.82, 2.24) is 0 Å². The van der Waals surface area contributed by atoms with Gasteiger partial charge in [-0.25, -0.2) is 0 Å². The van der Waals surface area contributed by atoms with Crippen LogP contribution in [0.1, 0.15) is 0 Å². The Kier molecular flexibility index (Phi) is 6.65. The Morgan fingerprint density at radius 2 is 1.93 bits per heavy atom. The van der Waals surface area contributed by atoms with Gasteiger partial charge in [0.15, 0.2) is 6.54 Å². The summed E-state index contributed by atoms with van der Waals surface area (Å²) in [6.07, 6.45) is 0. The maximum Gasteiger partial charge on any atom is 0.387 e. The first kappa shape index (κ1) is 19.9. The number of methoxy groups -OCH3 is 1. The van der Waals surface area contributed by atoms with E-state index in [0.29, 0.717) is 0 Å². The first-order chi connectivity index (χ1) is 13.5. The van der Waals surface area contributed by atoms with Crippen LogP contribution in [0.3, 0.4) is 0 Å². The minimum absolute atomic E-state index is 0.0382. The molecule has 0 saturated carbocycles. The van der Waals surface area contributed by atoms with E-state index in [1.807, 2.05) is 24.3 Å². The number of hydrogen-bond acceptors (Lipinski definition) is 4. The molecule has 150 valence electrons. The Balaban J connectivity index is 1.51. The van der Waals surface area contributed by atoms with E-state index in [-0.39, 0.29) is 23.9 Å². The van der Waals surface area contributed by atoms with Crippen LogP contribution in [0.25, 0.3) is 0 Å². The van der Waals surface area contributed by atoms with Crippen molar-refractivity contribution in [2.24, 2.45) is 0 Å². The molecule has 0 aromatic heterocycles. The van der Waals surface area contributed by atoms with Crippen LogP contribution >= 0.6 is 0 Å². The average Bonchev–Trinajstić information content (AvgIpc) is 2.70. The van der Waals surface area contributed by atoms with Gasteiger partial charge in [0.25, 0.3) is 5.91 Å². The summed E-state index contributed by atoms with van der Waals surface area (Å²) >= 11 is 0. The maximum atomic E-state index is 12.5. The van der Waals surface area contributed by atoms with Crippen molar-refractivity contribution in [3.8, 4) is 11.5 Å². The number of alkyl halides is 2. The second-order valence-corrected chi connectivity index (χ2v) is 6.54. The third-order valence-corrected chi connectivity index (χ3v) is 4.68. The van der Waals surface area contributed by atoms with E-state index in [0.717, 1.165) is 42.5 Å². The molecule has 0 aliphatic carbocycles. The smallest absolute Gasteiger partial charge is 0.387 e. The molecule has 2 aromatic carbocycles. The fourth-order valence-electron chi connectivity index (χ4n) is 3.26. The highest BCUT2D eigenvalue weighted by Gasteiger charge is 2.23. The van der Waals surface area contributed by atoms with E-state index in [4.69, 9.17) is 4.74 Å². The predicted molar refractivity (Wildman–Crippen MR) is 102 cm³/mol. The van der Waals surface area contributed by atoms with Gasteiger partial charge in [-0.05, 0) is 24.3 Å². The number of quaternary nitrogens is 1. The van der Waals surface area contributed by atoms with E-state index in [2.05, 4.69) is 15.0 Å². The third-order valence-electron chi connectivity index (χ3n) is 4.68. The zero-order chi connectivity index (χ0) is 19.9. The van der Waals surface area contributed by atoms with Crippen molar-refractivity contribution in [2.75, 3.05) is 50.1 Å². The van der Waals surface area contributed by atoms with Crippen LogP contribution in [-0.4, -0.2) is 52.4 Å². The van der Waals surface area contributed by atoms with Gasteiger partial charge in [-0.3, -0.25) is 4.79 Å². The normalized spacial score (nSPS) is 14.8. The summed E-state index contributed by atoms with van der Waals surface area (Å²) in [5.74, 6) is 0.551. The predicted octanol–water partition coefficient (Wildman–Crippen LogP) is 1.64. The van der Waals surface area contributed by atoms with Crippen molar-refractivity contribution < 1.29 is 27.9 Å². The molecular formula is C20H24F2N3O3+. The molecular weight excluding hydrogens is 368 g/mol. The number of amides is 1. The summed E-state index contributed by atoms with van der Waals surface area (Å²) in [6, 6.07) is 14.1. The van der Waals surface area contributed by atoms with Crippen LogP contribution in [0.15, 0.2) is 48.5 Å². The van der Waals surface area contributed by atoms with Crippen LogP contribution in [0.2, 0.25) is 0 Å². The Morgan fingerprint density at radius 1 is 1.18 bits per heavy atom. The first-order valence-electron chi connectivity index (χ1n) is 9.11. The minimum Gasteiger partial charge on any atom is -0.497 e. The summed E-state index contributed by atoms with van der Waals surface area (Å²) in [5.41, 5.74) is 1.35. The Bertz CT molecular complexity index is 796. The third kappa shape index (κ3) is 5.32. The molecule has 3 rings (SSSR count). The highest BCUT2D eigenvalue weighted by atomic mass is 19.3. The molecule has 8 heteroatoms. The Hall–Kier alpha value is -2.87. The van der Waals surface area contributed by atoms with Gasteiger partial charge in [0.05, 0.1) is 39.0 Å². The van der Waals surface area contributed by atoms with Crippen LogP contribution in [0.4, 0.5) is 20.2 Å². The number of piperazine rings is 1. The summed E-state index contributed by atoms with van der Waals surface area (Å²) in [4.78, 5) is 15.8. The van der Waals surface area contributed by atoms with Gasteiger partial charge < -0.3 is 24.6 Å². The molecule has 0 spiro atoms. The summed E-state index contributed by atoms with van der Waals surface area (Å²) in [6.45, 7) is 0.587. The molecule has 1 aliphatic heterocycles. The monoisotopic (exact) mass is 392 g/mol. The Morgan fingerprint density at radius 3 is 2.64 bits per heavy atom. The van der Waals surface area contributed by atoms with Gasteiger partial charge in [0.2, 0.25) is 0 Å². The van der Waals surface area contributed by atoms with Crippen molar-refractivity contribution in [3.63, 3.8) is 0 Å². The molecule has 1 saturated heterocycles. The number of para-hydroxylation sites is 2. The molecule has 2 aromatic rings. The summed E-state index contributed by atoms with van der Waals surface area (Å²) in [5, 5.41) is 2.67. The van der Waals surface area contributed by atoms with Crippen molar-refractivity contribution in [3.05, 3.63) is 48.5 Å². The highest BCUT2D eigenvalue weighted by Crippen LogP contribution is 2.25. The van der Waals surface area contributed by atoms with E-state index in [1.54, 1.807) is 25.3 Å². The molecule has 0 atom stereocenters. The van der Waals surface area contributed by atoms with Crippen LogP contribution in [0.5, 0.6) is 11.5 Å². The zero-order valence-corrected chi connectivity index (χ0v) is 15.7. The van der Waals surface area contributed by atoms with Gasteiger partial charge in [-0.15, -0.1) is 0 Å². The first-order valence-corrected chi connectivity index (χ1v) is 9.11. The largest absolute Gasteiger partial charge is 0.497 e. The molecule has 1 amide bonds. The average molecular weight is 392 g/mol. The molecule has 0 unspecified atom stereocenters. The molecule has 1 aliphatic rings. The number of carbonyl (C=O) groups is 1. The molecule has 1 fully saturated rings. The summed E-state index contributed by atoms with van der Waals surface area (Å²) in [7, 11) is 1.64. The van der Waals surface area contributed by atoms with Crippen LogP contribution < -0.4 is 24.6 Å². The molecule has 0 bridgehead atoms. The number of carbonyl (C=O) groups excluding carboxylic acids is 1. The lowest BCUT2D eigenvalue weighted by Crippen LogP contribution is -3.15. The topological polar surface area (TPSA) is 55.2 Å². The number of ether oxygens (including phenoxy) is 2. The highest BCUT2D eigenvalue weighted by molar-refractivity contribution is 5.92. The van der Waals surface area contributed by atoms with Crippen LogP contribution in [0, 0.1) is 0 Å². The standard InChI is InChI=1S/C20H23F2N3O3/c1-27-16-6-4-5-15(13-16)25-11-9-24(10-12-25)14-19(26)23-17-7-2-3-8-18(17)28-20(21)22/h2-8,13,20H,9-12,14H2,1H3,(H,23,26)/p+1. The van der Waals surface area contributed by atoms with Gasteiger partial charge in [0.1, 0.15) is 11.5 Å². The van der Waals surface area contributed by atoms with Crippen LogP contribution in [-0.2, 0) is 4.79 Å². The molecule has 6 nitrogen and oxygen atoms in total. The fraction of sp³-hybridized carbons (Fsp3) is 0.350. The van der Waals surface area contributed by atoms with Gasteiger partial charge in [-0.2, -0.15) is 8.78 Å². The minimum atomic E-state index is -2.94. The van der Waals surface area contributed by atoms with E-state index in [9.17, 15) is 13.6 Å². The number of anilines is 2. The van der Waals surface area contributed by atoms with Gasteiger partial charge in [0, 0.05) is 11.8 Å². The maximum absolute atomic E-state index is 12.5. The number of nitrogens with one attached hydrogen (secondary N) is 2. The number of nitrogens with zero attached hydrogens (tertiary/aromatic N) is 1. The molecule has 28 heavy (non-hydrogen) atoms. The number of halogens is 2. The van der Waals surface area contributed by atoms with Crippen molar-refractivity contribution >= 4 is 17.3 Å². The molecule has 2 N–H and O–H groups in total. The zero-order valence-electron chi connectivity index (χ0n) is 15.7. The fourth-order valence-corrected chi connectivity index (χ4v) is 3.26. The van der Waals surface area contributed by atoms with E-state index < -0.39 is 6.61 Å². The Labute approximate surface area is 162 Å². The number of hydrogen-bond donors (Lipinski definition) is 2. The second-order valence-electron chi connectivity index (χ2n) is 6.54. The van der Waals surface area contributed by atoms with Gasteiger partial charge in [-0.1, -0.05) is 18.2 Å². The van der Waals surface area contributed by atoms with E-state index in [1.165, 1.54) is 6.07 Å². The lowest BCUT2D eigenvalue weighted by molar-refractivity contribution is -0.892. The summed E-state index contributed by atoms with van der Waals surface area (Å²) < 4.78 is 34.7. The lowest BCUT2D eigenvalue weighted by Gasteiger charge is -2.33. The SMILES string of the molecule is COc1cccc(N2CC[NH+](CC(=O)Nc3ccccc3OC(F)F)CC2)c1. The number of rotatable bonds is 7. The number of benzene rings is 2. The molecule has 0 radical (unpaired) electrons. The second kappa shape index (κ2) is 9.36. The quantitative estimate of drug-likeness (QED) is 0.752.